The van der Waals surface area contributed by atoms with E-state index < -0.39 is 5.60 Å². The first kappa shape index (κ1) is 17.5. The summed E-state index contributed by atoms with van der Waals surface area (Å²) in [5.74, 6) is 0.562. The number of hydrogen-bond acceptors (Lipinski definition) is 4. The molecule has 1 aromatic carbocycles. The Balaban J connectivity index is 2.04. The van der Waals surface area contributed by atoms with Crippen LogP contribution in [0.2, 0.25) is 5.02 Å². The predicted octanol–water partition coefficient (Wildman–Crippen LogP) is 3.17. The summed E-state index contributed by atoms with van der Waals surface area (Å²) in [5.41, 5.74) is 1.82. The lowest BCUT2D eigenvalue weighted by atomic mass is 9.95. The summed E-state index contributed by atoms with van der Waals surface area (Å²) in [6, 6.07) is 7.43. The molecule has 124 valence electrons. The molecule has 0 aliphatic heterocycles. The summed E-state index contributed by atoms with van der Waals surface area (Å²) in [6.07, 6.45) is 0.233. The molecule has 0 saturated heterocycles. The van der Waals surface area contributed by atoms with Crippen LogP contribution in [-0.2, 0) is 21.6 Å². The van der Waals surface area contributed by atoms with E-state index in [4.69, 9.17) is 20.9 Å². The minimum Gasteiger partial charge on any atom is -0.372 e. The van der Waals surface area contributed by atoms with Crippen LogP contribution < -0.4 is 5.32 Å². The van der Waals surface area contributed by atoms with Crippen molar-refractivity contribution in [3.05, 3.63) is 51.9 Å². The lowest BCUT2D eigenvalue weighted by Crippen LogP contribution is -2.40. The summed E-state index contributed by atoms with van der Waals surface area (Å²) in [7, 11) is 1.61. The number of benzene rings is 1. The molecule has 0 spiro atoms. The van der Waals surface area contributed by atoms with Crippen molar-refractivity contribution < 1.29 is 14.1 Å². The molecule has 0 saturated carbocycles. The number of methoxy groups -OCH3 is 1. The van der Waals surface area contributed by atoms with Gasteiger partial charge in [0.25, 0.3) is 0 Å². The molecule has 0 bridgehead atoms. The van der Waals surface area contributed by atoms with Gasteiger partial charge in [0.15, 0.2) is 0 Å². The smallest absolute Gasteiger partial charge is 0.224 e. The average Bonchev–Trinajstić information content (AvgIpc) is 2.84. The summed E-state index contributed by atoms with van der Waals surface area (Å²) < 4.78 is 10.7. The van der Waals surface area contributed by atoms with Crippen molar-refractivity contribution in [1.82, 2.24) is 10.5 Å². The number of hydrogen-bond donors (Lipinski definition) is 1. The Kier molecular flexibility index (Phi) is 5.44. The zero-order chi connectivity index (χ0) is 17.0. The van der Waals surface area contributed by atoms with E-state index in [0.29, 0.717) is 17.3 Å². The maximum absolute atomic E-state index is 12.2. The third kappa shape index (κ3) is 4.12. The molecule has 5 nitrogen and oxygen atoms in total. The summed E-state index contributed by atoms with van der Waals surface area (Å²) in [4.78, 5) is 12.2. The van der Waals surface area contributed by atoms with Crippen LogP contribution in [-0.4, -0.2) is 24.7 Å². The second-order valence-corrected chi connectivity index (χ2v) is 6.14. The van der Waals surface area contributed by atoms with Gasteiger partial charge < -0.3 is 14.6 Å². The fourth-order valence-corrected chi connectivity index (χ4v) is 2.54. The van der Waals surface area contributed by atoms with Crippen LogP contribution in [0.1, 0.15) is 29.5 Å². The van der Waals surface area contributed by atoms with Gasteiger partial charge in [-0.15, -0.1) is 0 Å². The Morgan fingerprint density at radius 1 is 1.43 bits per heavy atom. The van der Waals surface area contributed by atoms with Crippen molar-refractivity contribution >= 4 is 17.5 Å². The van der Waals surface area contributed by atoms with Crippen LogP contribution in [0.4, 0.5) is 0 Å². The molecule has 0 aliphatic carbocycles. The summed E-state index contributed by atoms with van der Waals surface area (Å²) >= 11 is 6.04. The third-order valence-electron chi connectivity index (χ3n) is 4.03. The van der Waals surface area contributed by atoms with Crippen molar-refractivity contribution in [1.29, 1.82) is 0 Å². The predicted molar refractivity (Wildman–Crippen MR) is 88.5 cm³/mol. The fraction of sp³-hybridized carbons (Fsp3) is 0.412. The minimum atomic E-state index is -0.653. The molecule has 1 amide bonds. The van der Waals surface area contributed by atoms with Crippen LogP contribution in [0.3, 0.4) is 0 Å². The molecule has 0 unspecified atom stereocenters. The van der Waals surface area contributed by atoms with Gasteiger partial charge in [0.1, 0.15) is 11.4 Å². The average molecular weight is 337 g/mol. The highest BCUT2D eigenvalue weighted by Gasteiger charge is 2.27. The van der Waals surface area contributed by atoms with E-state index in [1.807, 2.05) is 32.0 Å². The molecule has 0 aliphatic rings. The quantitative estimate of drug-likeness (QED) is 0.880. The van der Waals surface area contributed by atoms with Gasteiger partial charge in [-0.25, -0.2) is 0 Å². The van der Waals surface area contributed by atoms with E-state index in [0.717, 1.165) is 16.8 Å². The van der Waals surface area contributed by atoms with Crippen molar-refractivity contribution in [3.63, 3.8) is 0 Å². The molecule has 2 aromatic rings. The van der Waals surface area contributed by atoms with Gasteiger partial charge in [-0.1, -0.05) is 28.9 Å². The van der Waals surface area contributed by atoms with Crippen molar-refractivity contribution in [3.8, 4) is 0 Å². The molecular formula is C17H21ClN2O3. The standard InChI is InChI=1S/C17H21ClN2O3/c1-11-15(12(2)23-20-11)9-16(21)19-10-17(3,22-4)13-6-5-7-14(18)8-13/h5-8H,9-10H2,1-4H3,(H,19,21)/t17-/m1/s1. The molecule has 1 N–H and O–H groups in total. The molecular weight excluding hydrogens is 316 g/mol. The van der Waals surface area contributed by atoms with Crippen LogP contribution in [0.15, 0.2) is 28.8 Å². The molecule has 6 heteroatoms. The molecule has 1 atom stereocenters. The van der Waals surface area contributed by atoms with Crippen LogP contribution in [0.25, 0.3) is 0 Å². The van der Waals surface area contributed by atoms with Crippen molar-refractivity contribution in [2.75, 3.05) is 13.7 Å². The Bertz CT molecular complexity index is 679. The second-order valence-electron chi connectivity index (χ2n) is 5.70. The Labute approximate surface area is 141 Å². The number of halogens is 1. The zero-order valence-electron chi connectivity index (χ0n) is 13.8. The molecule has 1 aromatic heterocycles. The number of carbonyl (C=O) groups is 1. The van der Waals surface area contributed by atoms with Gasteiger partial charge in [-0.3, -0.25) is 4.79 Å². The van der Waals surface area contributed by atoms with Crippen molar-refractivity contribution in [2.45, 2.75) is 32.8 Å². The Morgan fingerprint density at radius 2 is 2.17 bits per heavy atom. The topological polar surface area (TPSA) is 64.4 Å². The van der Waals surface area contributed by atoms with Gasteiger partial charge in [0.2, 0.25) is 5.91 Å². The lowest BCUT2D eigenvalue weighted by molar-refractivity contribution is -0.122. The van der Waals surface area contributed by atoms with Gasteiger partial charge in [0, 0.05) is 17.7 Å². The van der Waals surface area contributed by atoms with E-state index in [9.17, 15) is 4.79 Å². The number of ether oxygens (including phenoxy) is 1. The molecule has 0 fully saturated rings. The van der Waals surface area contributed by atoms with E-state index >= 15 is 0 Å². The number of nitrogens with one attached hydrogen (secondary N) is 1. The maximum Gasteiger partial charge on any atom is 0.224 e. The third-order valence-corrected chi connectivity index (χ3v) is 4.26. The number of aryl methyl sites for hydroxylation is 2. The number of carbonyl (C=O) groups excluding carboxylic acids is 1. The monoisotopic (exact) mass is 336 g/mol. The van der Waals surface area contributed by atoms with E-state index in [-0.39, 0.29) is 12.3 Å². The largest absolute Gasteiger partial charge is 0.372 e. The molecule has 23 heavy (non-hydrogen) atoms. The van der Waals surface area contributed by atoms with E-state index in [1.165, 1.54) is 0 Å². The number of rotatable bonds is 6. The Hall–Kier alpha value is -1.85. The first-order chi connectivity index (χ1) is 10.9. The summed E-state index contributed by atoms with van der Waals surface area (Å²) in [6.45, 7) is 5.87. The molecule has 1 heterocycles. The van der Waals surface area contributed by atoms with Crippen LogP contribution in [0, 0.1) is 13.8 Å². The van der Waals surface area contributed by atoms with Crippen molar-refractivity contribution in [2.24, 2.45) is 0 Å². The molecule has 2 rings (SSSR count). The minimum absolute atomic E-state index is 0.107. The van der Waals surface area contributed by atoms with Gasteiger partial charge in [-0.2, -0.15) is 0 Å². The second kappa shape index (κ2) is 7.15. The van der Waals surface area contributed by atoms with Crippen LogP contribution >= 0.6 is 11.6 Å². The van der Waals surface area contributed by atoms with Gasteiger partial charge in [-0.05, 0) is 38.5 Å². The summed E-state index contributed by atoms with van der Waals surface area (Å²) in [5, 5.41) is 7.40. The van der Waals surface area contributed by atoms with E-state index in [1.54, 1.807) is 20.1 Å². The first-order valence-electron chi connectivity index (χ1n) is 7.35. The zero-order valence-corrected chi connectivity index (χ0v) is 14.5. The highest BCUT2D eigenvalue weighted by atomic mass is 35.5. The number of amides is 1. The Morgan fingerprint density at radius 3 is 2.74 bits per heavy atom. The van der Waals surface area contributed by atoms with Crippen LogP contribution in [0.5, 0.6) is 0 Å². The number of nitrogens with zero attached hydrogens (tertiary/aromatic N) is 1. The number of aromatic nitrogens is 1. The highest BCUT2D eigenvalue weighted by molar-refractivity contribution is 6.30. The fourth-order valence-electron chi connectivity index (χ4n) is 2.35. The SMILES string of the molecule is CO[C@](C)(CNC(=O)Cc1c(C)noc1C)c1cccc(Cl)c1. The maximum atomic E-state index is 12.2. The normalized spacial score (nSPS) is 13.6. The van der Waals surface area contributed by atoms with Gasteiger partial charge >= 0.3 is 0 Å². The molecule has 0 radical (unpaired) electrons. The van der Waals surface area contributed by atoms with Gasteiger partial charge in [0.05, 0.1) is 18.7 Å². The first-order valence-corrected chi connectivity index (χ1v) is 7.73. The highest BCUT2D eigenvalue weighted by Crippen LogP contribution is 2.26. The van der Waals surface area contributed by atoms with E-state index in [2.05, 4.69) is 10.5 Å². The lowest BCUT2D eigenvalue weighted by Gasteiger charge is -2.29.